The van der Waals surface area contributed by atoms with E-state index in [1.54, 1.807) is 24.3 Å². The number of hydrazone groups is 1. The first-order valence-electron chi connectivity index (χ1n) is 8.29. The Morgan fingerprint density at radius 3 is 2.78 bits per heavy atom. The van der Waals surface area contributed by atoms with Crippen LogP contribution in [0.4, 0.5) is 0 Å². The van der Waals surface area contributed by atoms with E-state index in [1.165, 1.54) is 17.6 Å². The average Bonchev–Trinajstić information content (AvgIpc) is 3.23. The van der Waals surface area contributed by atoms with E-state index in [2.05, 4.69) is 15.6 Å². The number of phenolic OH excluding ortho intramolecular Hbond substituents is 1. The summed E-state index contributed by atoms with van der Waals surface area (Å²) in [6.07, 6.45) is 1.49. The molecule has 1 amide bonds. The van der Waals surface area contributed by atoms with Gasteiger partial charge in [0.2, 0.25) is 0 Å². The summed E-state index contributed by atoms with van der Waals surface area (Å²) in [6.45, 7) is 1.93. The summed E-state index contributed by atoms with van der Waals surface area (Å²) in [4.78, 5) is 13.9. The molecule has 6 nitrogen and oxygen atoms in total. The van der Waals surface area contributed by atoms with Gasteiger partial charge in [0.05, 0.1) is 22.5 Å². The van der Waals surface area contributed by atoms with Crippen molar-refractivity contribution in [1.82, 2.24) is 15.2 Å². The molecule has 0 atom stereocenters. The predicted octanol–water partition coefficient (Wildman–Crippen LogP) is 3.86. The van der Waals surface area contributed by atoms with Gasteiger partial charge in [0, 0.05) is 5.39 Å². The number of carbonyl (C=O) groups excluding carboxylic acids is 1. The van der Waals surface area contributed by atoms with Gasteiger partial charge in [0.15, 0.2) is 0 Å². The molecule has 0 unspecified atom stereocenters. The zero-order valence-electron chi connectivity index (χ0n) is 14.5. The molecule has 0 aliphatic carbocycles. The number of amides is 1. The van der Waals surface area contributed by atoms with Crippen molar-refractivity contribution in [2.45, 2.75) is 6.92 Å². The molecule has 0 bridgehead atoms. The van der Waals surface area contributed by atoms with Gasteiger partial charge in [-0.3, -0.25) is 4.79 Å². The maximum atomic E-state index is 12.4. The second kappa shape index (κ2) is 7.05. The summed E-state index contributed by atoms with van der Waals surface area (Å²) in [6, 6.07) is 18.3. The molecule has 27 heavy (non-hydrogen) atoms. The molecule has 4 aromatic rings. The van der Waals surface area contributed by atoms with E-state index >= 15 is 0 Å². The number of phenols is 1. The molecule has 0 aliphatic heterocycles. The van der Waals surface area contributed by atoms with Gasteiger partial charge in [0.1, 0.15) is 10.6 Å². The van der Waals surface area contributed by atoms with Crippen LogP contribution in [-0.2, 0) is 0 Å². The molecule has 2 aromatic heterocycles. The van der Waals surface area contributed by atoms with Crippen molar-refractivity contribution >= 4 is 33.7 Å². The maximum Gasteiger partial charge on any atom is 0.281 e. The molecule has 2 N–H and O–H groups in total. The minimum Gasteiger partial charge on any atom is -0.508 e. The molecule has 2 aromatic carbocycles. The summed E-state index contributed by atoms with van der Waals surface area (Å²) < 4.78 is 1.85. The molecule has 0 spiro atoms. The van der Waals surface area contributed by atoms with Crippen LogP contribution >= 0.6 is 11.3 Å². The fourth-order valence-corrected chi connectivity index (χ4v) is 3.80. The summed E-state index contributed by atoms with van der Waals surface area (Å²) in [5.74, 6) is -0.137. The number of nitrogens with zero attached hydrogens (tertiary/aromatic N) is 3. The Morgan fingerprint density at radius 2 is 2.00 bits per heavy atom. The Morgan fingerprint density at radius 1 is 1.19 bits per heavy atom. The lowest BCUT2D eigenvalue weighted by Crippen LogP contribution is -2.16. The summed E-state index contributed by atoms with van der Waals surface area (Å²) in [7, 11) is 0. The second-order valence-corrected chi connectivity index (χ2v) is 6.99. The first-order chi connectivity index (χ1) is 13.1. The highest BCUT2D eigenvalue weighted by Gasteiger charge is 2.16. The molecule has 134 valence electrons. The summed E-state index contributed by atoms with van der Waals surface area (Å²) >= 11 is 1.37. The topological polar surface area (TPSA) is 79.5 Å². The number of benzene rings is 2. The van der Waals surface area contributed by atoms with E-state index in [1.807, 2.05) is 48.0 Å². The van der Waals surface area contributed by atoms with Gasteiger partial charge in [-0.1, -0.05) is 30.3 Å². The molecule has 0 aliphatic rings. The minimum absolute atomic E-state index is 0.149. The first kappa shape index (κ1) is 17.0. The number of fused-ring (bicyclic) bond motifs is 1. The van der Waals surface area contributed by atoms with Crippen molar-refractivity contribution < 1.29 is 9.90 Å². The summed E-state index contributed by atoms with van der Waals surface area (Å²) in [5, 5.41) is 18.9. The van der Waals surface area contributed by atoms with Crippen LogP contribution in [0.25, 0.3) is 15.9 Å². The smallest absolute Gasteiger partial charge is 0.281 e. The molecule has 0 radical (unpaired) electrons. The first-order valence-corrected chi connectivity index (χ1v) is 9.10. The van der Waals surface area contributed by atoms with Crippen molar-refractivity contribution in [2.75, 3.05) is 0 Å². The van der Waals surface area contributed by atoms with Crippen molar-refractivity contribution in [3.05, 3.63) is 76.8 Å². The minimum atomic E-state index is -0.286. The second-order valence-electron chi connectivity index (χ2n) is 5.96. The Hall–Kier alpha value is -3.45. The van der Waals surface area contributed by atoms with Gasteiger partial charge in [-0.05, 0) is 42.8 Å². The number of rotatable bonds is 4. The number of aromatic nitrogens is 2. The van der Waals surface area contributed by atoms with Crippen LogP contribution in [-0.4, -0.2) is 27.0 Å². The third kappa shape index (κ3) is 3.45. The molecule has 0 saturated carbocycles. The van der Waals surface area contributed by atoms with Crippen molar-refractivity contribution in [3.8, 4) is 11.4 Å². The van der Waals surface area contributed by atoms with Gasteiger partial charge in [0.25, 0.3) is 5.91 Å². The number of hydrogen-bond donors (Lipinski definition) is 2. The number of thiophene rings is 1. The normalized spacial score (nSPS) is 11.3. The zero-order chi connectivity index (χ0) is 18.8. The lowest BCUT2D eigenvalue weighted by Gasteiger charge is -2.01. The van der Waals surface area contributed by atoms with Gasteiger partial charge in [-0.15, -0.1) is 11.3 Å². The molecule has 0 fully saturated rings. The molecule has 0 saturated heterocycles. The van der Waals surface area contributed by atoms with Crippen LogP contribution in [0.15, 0.2) is 65.8 Å². The highest BCUT2D eigenvalue weighted by atomic mass is 32.1. The highest BCUT2D eigenvalue weighted by Crippen LogP contribution is 2.30. The largest absolute Gasteiger partial charge is 0.508 e. The molecule has 7 heteroatoms. The SMILES string of the molecule is Cc1nn(-c2ccccc2)c2sc(C(=O)NN=Cc3cccc(O)c3)cc12. The Bertz CT molecular complexity index is 1150. The fourth-order valence-electron chi connectivity index (χ4n) is 2.73. The van der Waals surface area contributed by atoms with Crippen LogP contribution in [0.5, 0.6) is 5.75 Å². The quantitative estimate of drug-likeness (QED) is 0.419. The van der Waals surface area contributed by atoms with E-state index in [0.29, 0.717) is 10.4 Å². The molecular formula is C20H16N4O2S. The Balaban J connectivity index is 1.58. The van der Waals surface area contributed by atoms with E-state index in [-0.39, 0.29) is 11.7 Å². The van der Waals surface area contributed by atoms with Crippen LogP contribution in [0.3, 0.4) is 0 Å². The number of aromatic hydroxyl groups is 1. The lowest BCUT2D eigenvalue weighted by atomic mass is 10.2. The molecule has 2 heterocycles. The average molecular weight is 376 g/mol. The third-order valence-corrected chi connectivity index (χ3v) is 5.13. The maximum absolute atomic E-state index is 12.4. The van der Waals surface area contributed by atoms with E-state index in [4.69, 9.17) is 0 Å². The standard InChI is InChI=1S/C20H16N4O2S/c1-13-17-11-18(19(26)22-21-12-14-6-5-9-16(25)10-14)27-20(17)24(23-13)15-7-3-2-4-8-15/h2-12,25H,1H3,(H,22,26). The van der Waals surface area contributed by atoms with Gasteiger partial charge in [-0.2, -0.15) is 10.2 Å². The number of nitrogens with one attached hydrogen (secondary N) is 1. The lowest BCUT2D eigenvalue weighted by molar-refractivity contribution is 0.0959. The van der Waals surface area contributed by atoms with Gasteiger partial charge in [-0.25, -0.2) is 10.1 Å². The van der Waals surface area contributed by atoms with Crippen molar-refractivity contribution in [2.24, 2.45) is 5.10 Å². The third-order valence-electron chi connectivity index (χ3n) is 4.02. The zero-order valence-corrected chi connectivity index (χ0v) is 15.3. The number of hydrogen-bond acceptors (Lipinski definition) is 5. The van der Waals surface area contributed by atoms with Crippen molar-refractivity contribution in [1.29, 1.82) is 0 Å². The Labute approximate surface area is 159 Å². The van der Waals surface area contributed by atoms with Crippen LogP contribution in [0.1, 0.15) is 20.9 Å². The van der Waals surface area contributed by atoms with Crippen molar-refractivity contribution in [3.63, 3.8) is 0 Å². The van der Waals surface area contributed by atoms with E-state index in [9.17, 15) is 9.90 Å². The van der Waals surface area contributed by atoms with Gasteiger partial charge < -0.3 is 5.11 Å². The number of aryl methyl sites for hydroxylation is 1. The van der Waals surface area contributed by atoms with Crippen LogP contribution < -0.4 is 5.43 Å². The Kier molecular flexibility index (Phi) is 4.43. The van der Waals surface area contributed by atoms with Crippen LogP contribution in [0.2, 0.25) is 0 Å². The summed E-state index contributed by atoms with van der Waals surface area (Å²) in [5.41, 5.74) is 5.04. The predicted molar refractivity (Wildman–Crippen MR) is 107 cm³/mol. The van der Waals surface area contributed by atoms with Gasteiger partial charge >= 0.3 is 0 Å². The van der Waals surface area contributed by atoms with E-state index < -0.39 is 0 Å². The molecule has 4 rings (SSSR count). The number of carbonyl (C=O) groups is 1. The number of para-hydroxylation sites is 1. The highest BCUT2D eigenvalue weighted by molar-refractivity contribution is 7.20. The fraction of sp³-hybridized carbons (Fsp3) is 0.0500. The van der Waals surface area contributed by atoms with E-state index in [0.717, 1.165) is 21.6 Å². The molecular weight excluding hydrogens is 360 g/mol. The monoisotopic (exact) mass is 376 g/mol. The van der Waals surface area contributed by atoms with Crippen LogP contribution in [0, 0.1) is 6.92 Å².